The Kier molecular flexibility index (Phi) is 5.89. The number of hydrogen-bond donors (Lipinski definition) is 1. The molecule has 0 saturated heterocycles. The van der Waals surface area contributed by atoms with Crippen LogP contribution in [0.3, 0.4) is 0 Å². The maximum absolute atomic E-state index is 13.6. The molecule has 2 aromatic carbocycles. The van der Waals surface area contributed by atoms with Crippen LogP contribution in [0.1, 0.15) is 23.0 Å². The average molecular weight is 442 g/mol. The van der Waals surface area contributed by atoms with Crippen LogP contribution < -0.4 is 5.32 Å². The predicted octanol–water partition coefficient (Wildman–Crippen LogP) is 4.69. The fourth-order valence-electron chi connectivity index (χ4n) is 3.54. The van der Waals surface area contributed by atoms with Gasteiger partial charge in [0.05, 0.1) is 17.3 Å². The van der Waals surface area contributed by atoms with E-state index in [1.165, 1.54) is 30.3 Å². The van der Waals surface area contributed by atoms with Crippen molar-refractivity contribution in [3.8, 4) is 0 Å². The van der Waals surface area contributed by atoms with E-state index in [0.717, 1.165) is 4.68 Å². The summed E-state index contributed by atoms with van der Waals surface area (Å²) in [6.45, 7) is -0.414. The van der Waals surface area contributed by atoms with Gasteiger partial charge in [-0.1, -0.05) is 36.4 Å². The third-order valence-corrected chi connectivity index (χ3v) is 4.93. The summed E-state index contributed by atoms with van der Waals surface area (Å²) in [5.41, 5.74) is 0.354. The maximum Gasteiger partial charge on any atom is 0.435 e. The second-order valence-corrected chi connectivity index (χ2v) is 7.23. The number of benzene rings is 2. The zero-order valence-electron chi connectivity index (χ0n) is 16.7. The van der Waals surface area contributed by atoms with Gasteiger partial charge in [-0.2, -0.15) is 18.3 Å². The first-order valence-corrected chi connectivity index (χ1v) is 9.79. The van der Waals surface area contributed by atoms with Crippen LogP contribution in [0.5, 0.6) is 0 Å². The van der Waals surface area contributed by atoms with Crippen LogP contribution in [0.2, 0.25) is 0 Å². The molecular formula is C23H18F4N4O. The molecule has 0 aliphatic rings. The Bertz CT molecular complexity index is 1240. The van der Waals surface area contributed by atoms with E-state index in [1.54, 1.807) is 42.6 Å². The highest BCUT2D eigenvalue weighted by Crippen LogP contribution is 2.33. The molecule has 1 unspecified atom stereocenters. The lowest BCUT2D eigenvalue weighted by molar-refractivity contribution is -0.140. The molecule has 0 saturated carbocycles. The molecule has 0 bridgehead atoms. The van der Waals surface area contributed by atoms with Gasteiger partial charge in [0.2, 0.25) is 5.91 Å². The predicted molar refractivity (Wildman–Crippen MR) is 110 cm³/mol. The number of fused-ring (bicyclic) bond motifs is 1. The van der Waals surface area contributed by atoms with E-state index in [-0.39, 0.29) is 17.3 Å². The standard InChI is InChI=1S/C23H18F4N4O/c24-16-7-5-6-15(12-16)13-19(18-9-3-4-11-28-18)29-21(32)14-31-20-10-2-1-8-17(20)22(30-31)23(25,26)27/h1-12,19H,13-14H2,(H,29,32). The molecule has 4 aromatic rings. The summed E-state index contributed by atoms with van der Waals surface area (Å²) in [6, 6.07) is 16.4. The highest BCUT2D eigenvalue weighted by Gasteiger charge is 2.36. The van der Waals surface area contributed by atoms with Crippen molar-refractivity contribution in [2.45, 2.75) is 25.2 Å². The van der Waals surface area contributed by atoms with E-state index in [2.05, 4.69) is 15.4 Å². The molecule has 0 aliphatic carbocycles. The lowest BCUT2D eigenvalue weighted by Gasteiger charge is -2.19. The van der Waals surface area contributed by atoms with Gasteiger partial charge in [-0.25, -0.2) is 4.39 Å². The fraction of sp³-hybridized carbons (Fsp3) is 0.174. The van der Waals surface area contributed by atoms with Crippen LogP contribution in [0.15, 0.2) is 72.9 Å². The highest BCUT2D eigenvalue weighted by molar-refractivity contribution is 5.84. The Morgan fingerprint density at radius 3 is 2.53 bits per heavy atom. The topological polar surface area (TPSA) is 59.8 Å². The van der Waals surface area contributed by atoms with Crippen LogP contribution in [0.25, 0.3) is 10.9 Å². The summed E-state index contributed by atoms with van der Waals surface area (Å²) in [7, 11) is 0. The van der Waals surface area contributed by atoms with Gasteiger partial charge in [0.1, 0.15) is 12.4 Å². The van der Waals surface area contributed by atoms with E-state index in [9.17, 15) is 22.4 Å². The average Bonchev–Trinajstić information content (AvgIpc) is 3.13. The number of nitrogens with zero attached hydrogens (tertiary/aromatic N) is 3. The molecule has 1 N–H and O–H groups in total. The fourth-order valence-corrected chi connectivity index (χ4v) is 3.54. The smallest absolute Gasteiger partial charge is 0.346 e. The maximum atomic E-state index is 13.6. The molecule has 0 spiro atoms. The van der Waals surface area contributed by atoms with Crippen molar-refractivity contribution in [3.05, 3.63) is 95.7 Å². The summed E-state index contributed by atoms with van der Waals surface area (Å²) in [5, 5.41) is 6.36. The zero-order chi connectivity index (χ0) is 22.7. The Hall–Kier alpha value is -3.75. The number of carbonyl (C=O) groups excluding carboxylic acids is 1. The molecule has 2 aromatic heterocycles. The van der Waals surface area contributed by atoms with Crippen molar-refractivity contribution in [3.63, 3.8) is 0 Å². The largest absolute Gasteiger partial charge is 0.435 e. The van der Waals surface area contributed by atoms with E-state index < -0.39 is 36.2 Å². The molecule has 0 radical (unpaired) electrons. The quantitative estimate of drug-likeness (QED) is 0.441. The normalized spacial score (nSPS) is 12.6. The van der Waals surface area contributed by atoms with E-state index in [4.69, 9.17) is 0 Å². The molecule has 32 heavy (non-hydrogen) atoms. The molecule has 9 heteroatoms. The number of para-hydroxylation sites is 1. The van der Waals surface area contributed by atoms with Gasteiger partial charge >= 0.3 is 6.18 Å². The first-order chi connectivity index (χ1) is 15.3. The number of pyridine rings is 1. The molecule has 0 fully saturated rings. The van der Waals surface area contributed by atoms with Crippen molar-refractivity contribution in [2.24, 2.45) is 0 Å². The Morgan fingerprint density at radius 1 is 1.03 bits per heavy atom. The first-order valence-electron chi connectivity index (χ1n) is 9.79. The second kappa shape index (κ2) is 8.78. The summed E-state index contributed by atoms with van der Waals surface area (Å²) >= 11 is 0. The number of amides is 1. The van der Waals surface area contributed by atoms with E-state index in [0.29, 0.717) is 11.3 Å². The molecular weight excluding hydrogens is 424 g/mol. The molecule has 2 heterocycles. The van der Waals surface area contributed by atoms with E-state index >= 15 is 0 Å². The second-order valence-electron chi connectivity index (χ2n) is 7.23. The van der Waals surface area contributed by atoms with Gasteiger partial charge in [-0.15, -0.1) is 0 Å². The highest BCUT2D eigenvalue weighted by atomic mass is 19.4. The van der Waals surface area contributed by atoms with Crippen molar-refractivity contribution < 1.29 is 22.4 Å². The molecule has 1 amide bonds. The third kappa shape index (κ3) is 4.77. The minimum Gasteiger partial charge on any atom is -0.346 e. The van der Waals surface area contributed by atoms with Crippen molar-refractivity contribution in [1.82, 2.24) is 20.1 Å². The number of rotatable bonds is 6. The van der Waals surface area contributed by atoms with Gasteiger partial charge in [0, 0.05) is 11.6 Å². The van der Waals surface area contributed by atoms with Gasteiger partial charge in [0.15, 0.2) is 5.69 Å². The zero-order valence-corrected chi connectivity index (χ0v) is 16.7. The Morgan fingerprint density at radius 2 is 1.81 bits per heavy atom. The number of nitrogens with one attached hydrogen (secondary N) is 1. The SMILES string of the molecule is O=C(Cn1nc(C(F)(F)F)c2ccccc21)NC(Cc1cccc(F)c1)c1ccccn1. The van der Waals surface area contributed by atoms with Gasteiger partial charge in [-0.05, 0) is 42.3 Å². The van der Waals surface area contributed by atoms with E-state index in [1.807, 2.05) is 0 Å². The van der Waals surface area contributed by atoms with Crippen LogP contribution in [0.4, 0.5) is 17.6 Å². The molecule has 164 valence electrons. The number of carbonyl (C=O) groups is 1. The van der Waals surface area contributed by atoms with Crippen LogP contribution in [0, 0.1) is 5.82 Å². The first kappa shape index (κ1) is 21.5. The third-order valence-electron chi connectivity index (χ3n) is 4.93. The lowest BCUT2D eigenvalue weighted by Crippen LogP contribution is -2.33. The van der Waals surface area contributed by atoms with Crippen molar-refractivity contribution in [2.75, 3.05) is 0 Å². The number of aromatic nitrogens is 3. The minimum atomic E-state index is -4.64. The lowest BCUT2D eigenvalue weighted by atomic mass is 10.0. The van der Waals surface area contributed by atoms with Crippen molar-refractivity contribution in [1.29, 1.82) is 0 Å². The Labute approximate surface area is 180 Å². The number of hydrogen-bond acceptors (Lipinski definition) is 3. The monoisotopic (exact) mass is 442 g/mol. The summed E-state index contributed by atoms with van der Waals surface area (Å²) < 4.78 is 54.7. The van der Waals surface area contributed by atoms with Crippen LogP contribution in [-0.2, 0) is 23.9 Å². The summed E-state index contributed by atoms with van der Waals surface area (Å²) in [6.07, 6.45) is -2.82. The molecule has 0 aliphatic heterocycles. The van der Waals surface area contributed by atoms with Gasteiger partial charge < -0.3 is 5.32 Å². The summed E-state index contributed by atoms with van der Waals surface area (Å²) in [5.74, 6) is -0.949. The minimum absolute atomic E-state index is 0.0752. The number of halogens is 4. The molecule has 4 rings (SSSR count). The number of alkyl halides is 3. The van der Waals surface area contributed by atoms with Crippen molar-refractivity contribution >= 4 is 16.8 Å². The molecule has 5 nitrogen and oxygen atoms in total. The van der Waals surface area contributed by atoms with Crippen LogP contribution >= 0.6 is 0 Å². The van der Waals surface area contributed by atoms with Gasteiger partial charge in [0.25, 0.3) is 0 Å². The van der Waals surface area contributed by atoms with Crippen LogP contribution in [-0.4, -0.2) is 20.7 Å². The summed E-state index contributed by atoms with van der Waals surface area (Å²) in [4.78, 5) is 17.1. The van der Waals surface area contributed by atoms with Gasteiger partial charge in [-0.3, -0.25) is 14.5 Å². The molecule has 1 atom stereocenters. The Balaban J connectivity index is 1.59.